The molecule has 0 aromatic heterocycles. The first-order chi connectivity index (χ1) is 34.5. The first-order valence-corrected chi connectivity index (χ1v) is 29.2. The van der Waals surface area contributed by atoms with E-state index < -0.39 is 45.6 Å². The van der Waals surface area contributed by atoms with E-state index in [4.69, 9.17) is 9.47 Å². The summed E-state index contributed by atoms with van der Waals surface area (Å²) >= 11 is 0. The van der Waals surface area contributed by atoms with Crippen molar-refractivity contribution in [2.75, 3.05) is 6.61 Å². The largest absolute Gasteiger partial charge is 0.462 e. The molecule has 72 heavy (non-hydrogen) atoms. The van der Waals surface area contributed by atoms with E-state index in [2.05, 4.69) is 87.5 Å². The molecule has 10 aliphatic rings. The lowest BCUT2D eigenvalue weighted by atomic mass is 9.30. The van der Waals surface area contributed by atoms with Crippen LogP contribution in [0.1, 0.15) is 174 Å². The number of allylic oxidation sites excluding steroid dienone is 2. The topological polar surface area (TPSA) is 113 Å². The fraction of sp³-hybridized carbons (Fsp3) is 0.692. The van der Waals surface area contributed by atoms with Gasteiger partial charge in [0.25, 0.3) is 0 Å². The monoisotopic (exact) mass is 979 g/mol. The number of fused-ring (bicyclic) bond motifs is 2. The fourth-order valence-electron chi connectivity index (χ4n) is 21.3. The number of hydrogen-bond acceptors (Lipinski definition) is 7. The average molecular weight is 979 g/mol. The lowest BCUT2D eigenvalue weighted by Crippen LogP contribution is -2.83. The number of benzene rings is 2. The molecule has 3 N–H and O–H groups in total. The van der Waals surface area contributed by atoms with Gasteiger partial charge in [-0.3, -0.25) is 4.79 Å². The summed E-state index contributed by atoms with van der Waals surface area (Å²) in [5.74, 6) is 1.79. The summed E-state index contributed by atoms with van der Waals surface area (Å²) in [6, 6.07) is 21.9. The Labute approximate surface area is 431 Å². The second-order valence-corrected chi connectivity index (χ2v) is 27.3. The molecule has 2 aromatic rings. The molecule has 7 heteroatoms. The van der Waals surface area contributed by atoms with Gasteiger partial charge >= 0.3 is 11.9 Å². The van der Waals surface area contributed by atoms with E-state index in [1.165, 1.54) is 88.7 Å². The van der Waals surface area contributed by atoms with Crippen molar-refractivity contribution in [2.24, 2.45) is 73.9 Å². The lowest BCUT2D eigenvalue weighted by molar-refractivity contribution is -0.363. The van der Waals surface area contributed by atoms with E-state index in [-0.39, 0.29) is 36.3 Å². The minimum absolute atomic E-state index is 0.191. The number of hydrogen-bond donors (Lipinski definition) is 3. The molecular weight excluding hydrogens is 893 g/mol. The van der Waals surface area contributed by atoms with Crippen molar-refractivity contribution < 1.29 is 34.4 Å². The van der Waals surface area contributed by atoms with E-state index in [0.717, 1.165) is 62.4 Å². The van der Waals surface area contributed by atoms with Crippen LogP contribution in [0.4, 0.5) is 0 Å². The van der Waals surface area contributed by atoms with Gasteiger partial charge in [0.1, 0.15) is 12.7 Å². The molecule has 17 unspecified atom stereocenters. The summed E-state index contributed by atoms with van der Waals surface area (Å²) in [5, 5.41) is 42.0. The third kappa shape index (κ3) is 7.31. The first kappa shape index (κ1) is 49.4. The van der Waals surface area contributed by atoms with Gasteiger partial charge in [-0.2, -0.15) is 0 Å². The third-order valence-electron chi connectivity index (χ3n) is 24.0. The number of aliphatic hydroxyl groups is 3. The smallest absolute Gasteiger partial charge is 0.331 e. The fourth-order valence-corrected chi connectivity index (χ4v) is 21.3. The Morgan fingerprint density at radius 2 is 1.60 bits per heavy atom. The average Bonchev–Trinajstić information content (AvgIpc) is 4.11. The van der Waals surface area contributed by atoms with Crippen LogP contribution in [0.2, 0.25) is 0 Å². The summed E-state index contributed by atoms with van der Waals surface area (Å²) in [4.78, 5) is 26.1. The van der Waals surface area contributed by atoms with E-state index in [1.807, 2.05) is 12.2 Å². The Morgan fingerprint density at radius 3 is 2.33 bits per heavy atom. The van der Waals surface area contributed by atoms with Gasteiger partial charge in [0.2, 0.25) is 0 Å². The Balaban J connectivity index is 0.940. The summed E-state index contributed by atoms with van der Waals surface area (Å²) in [6.07, 6.45) is 30.1. The predicted molar refractivity (Wildman–Crippen MR) is 281 cm³/mol. The van der Waals surface area contributed by atoms with Gasteiger partial charge in [-0.25, -0.2) is 4.79 Å². The summed E-state index contributed by atoms with van der Waals surface area (Å²) in [7, 11) is 0. The number of cyclic esters (lactones) is 1. The zero-order valence-corrected chi connectivity index (χ0v) is 44.2. The summed E-state index contributed by atoms with van der Waals surface area (Å²) in [6.45, 7) is 8.52. The number of aliphatic hydroxyl groups excluding tert-OH is 1. The van der Waals surface area contributed by atoms with E-state index >= 15 is 0 Å². The minimum atomic E-state index is -1.61. The van der Waals surface area contributed by atoms with Crippen molar-refractivity contribution in [3.05, 3.63) is 107 Å². The number of carbonyl (C=O) groups excluding carboxylic acids is 2. The molecule has 4 spiro atoms. The van der Waals surface area contributed by atoms with Gasteiger partial charge in [-0.15, -0.1) is 0 Å². The lowest BCUT2D eigenvalue weighted by Gasteiger charge is -2.76. The minimum Gasteiger partial charge on any atom is -0.462 e. The van der Waals surface area contributed by atoms with Crippen LogP contribution in [0.5, 0.6) is 0 Å². The number of esters is 2. The van der Waals surface area contributed by atoms with Crippen molar-refractivity contribution in [1.29, 1.82) is 0 Å². The maximum atomic E-state index is 14.4. The van der Waals surface area contributed by atoms with Crippen molar-refractivity contribution in [3.63, 3.8) is 0 Å². The second kappa shape index (κ2) is 17.8. The standard InChI is InChI=1S/C65H86O7/c1-43(13-11-18-45-14-7-5-8-15-45)22-29-63(69)34-31-58(3)40-53(72-44(2)66)57-59(4,27-25-54(67)65(57,63)64(58,70)30-23-47-35-55(68)71-41-47)52-24-28-61-38-49(52)36-48-37-50-19-12-26-60(50)32-33-62(42-60,56(48)61)51(39-61)21-20-46-16-9-6-10-17-46/h5-10,14-17,31,34-36,43,49-54,56-57,67,69-70H,11-13,18-30,32-33,37-42H2,1-4H3. The van der Waals surface area contributed by atoms with E-state index in [9.17, 15) is 24.9 Å². The van der Waals surface area contributed by atoms with Crippen molar-refractivity contribution >= 4 is 11.9 Å². The van der Waals surface area contributed by atoms with Gasteiger partial charge in [-0.05, 0) is 209 Å². The van der Waals surface area contributed by atoms with Crippen LogP contribution in [0.3, 0.4) is 0 Å². The molecule has 1 aliphatic heterocycles. The molecule has 7 nitrogen and oxygen atoms in total. The summed E-state index contributed by atoms with van der Waals surface area (Å²) < 4.78 is 12.1. The molecule has 6 bridgehead atoms. The molecule has 9 aliphatic carbocycles. The predicted octanol–water partition coefficient (Wildman–Crippen LogP) is 12.8. The second-order valence-electron chi connectivity index (χ2n) is 27.3. The third-order valence-corrected chi connectivity index (χ3v) is 24.0. The van der Waals surface area contributed by atoms with Crippen LogP contribution in [0.25, 0.3) is 0 Å². The Kier molecular flexibility index (Phi) is 12.2. The first-order valence-electron chi connectivity index (χ1n) is 29.2. The maximum Gasteiger partial charge on any atom is 0.331 e. The van der Waals surface area contributed by atoms with Gasteiger partial charge in [0, 0.05) is 24.3 Å². The normalized spacial score (nSPS) is 45.5. The number of carbonyl (C=O) groups is 2. The van der Waals surface area contributed by atoms with Gasteiger partial charge in [0.05, 0.1) is 22.7 Å². The molecular formula is C65H86O7. The molecule has 12 rings (SSSR count). The Hall–Kier alpha value is -3.52. The van der Waals surface area contributed by atoms with Crippen LogP contribution < -0.4 is 0 Å². The number of aryl methyl sites for hydroxylation is 2. The van der Waals surface area contributed by atoms with Crippen LogP contribution in [0, 0.1) is 73.9 Å². The quantitative estimate of drug-likeness (QED) is 0.120. The highest BCUT2D eigenvalue weighted by molar-refractivity contribution is 5.85. The molecule has 0 saturated heterocycles. The van der Waals surface area contributed by atoms with Crippen LogP contribution in [0.15, 0.2) is 96.1 Å². The van der Waals surface area contributed by atoms with Gasteiger partial charge < -0.3 is 24.8 Å². The van der Waals surface area contributed by atoms with Gasteiger partial charge in [0.15, 0.2) is 0 Å². The number of ether oxygens (including phenoxy) is 2. The highest BCUT2D eigenvalue weighted by Crippen LogP contribution is 2.82. The highest BCUT2D eigenvalue weighted by Gasteiger charge is 2.82. The molecule has 2 aromatic carbocycles. The van der Waals surface area contributed by atoms with Crippen molar-refractivity contribution in [2.45, 2.75) is 199 Å². The molecule has 7 saturated carbocycles. The van der Waals surface area contributed by atoms with Gasteiger partial charge in [-0.1, -0.05) is 118 Å². The molecule has 0 amide bonds. The molecule has 0 radical (unpaired) electrons. The van der Waals surface area contributed by atoms with Crippen molar-refractivity contribution in [1.82, 2.24) is 0 Å². The zero-order valence-electron chi connectivity index (χ0n) is 44.2. The van der Waals surface area contributed by atoms with E-state index in [0.29, 0.717) is 54.3 Å². The number of rotatable bonds is 15. The van der Waals surface area contributed by atoms with Crippen LogP contribution in [-0.4, -0.2) is 57.3 Å². The molecule has 7 fully saturated rings. The zero-order chi connectivity index (χ0) is 49.9. The Bertz CT molecular complexity index is 2500. The van der Waals surface area contributed by atoms with Crippen LogP contribution >= 0.6 is 0 Å². The van der Waals surface area contributed by atoms with Crippen LogP contribution in [-0.2, 0) is 31.9 Å². The Morgan fingerprint density at radius 1 is 0.833 bits per heavy atom. The summed E-state index contributed by atoms with van der Waals surface area (Å²) in [5.41, 5.74) is 0.481. The SMILES string of the molecule is CC(=O)OC1CC2(C)C=CC(O)(CCC(C)CCCc3ccccc3)C3(C(O)CCC(C)(C4CCC56CC4C=C4CC7CCCC78CCC(C8)(C(CCc7ccccc7)C5)C46)C13)C2(O)CCC1=CC(=O)OC1. The highest BCUT2D eigenvalue weighted by atomic mass is 16.5. The molecule has 388 valence electrons. The maximum absolute atomic E-state index is 14.4. The van der Waals surface area contributed by atoms with Crippen molar-refractivity contribution in [3.8, 4) is 0 Å². The van der Waals surface area contributed by atoms with E-state index in [1.54, 1.807) is 11.6 Å². The molecule has 1 heterocycles. The molecule has 17 atom stereocenters.